The molecule has 0 amide bonds. The van der Waals surface area contributed by atoms with Gasteiger partial charge >= 0.3 is 0 Å². The molecule has 4 nitrogen and oxygen atoms in total. The van der Waals surface area contributed by atoms with Gasteiger partial charge in [0.25, 0.3) is 0 Å². The van der Waals surface area contributed by atoms with Gasteiger partial charge in [0, 0.05) is 58.8 Å². The van der Waals surface area contributed by atoms with Gasteiger partial charge in [-0.25, -0.2) is 9.97 Å². The molecular weight excluding hydrogens is 737 g/mol. The third kappa shape index (κ3) is 5.43. The van der Waals surface area contributed by atoms with Crippen molar-refractivity contribution in [1.29, 1.82) is 0 Å². The highest BCUT2D eigenvalue weighted by molar-refractivity contribution is 7.27. The molecule has 0 radical (unpaired) electrons. The molecule has 0 aliphatic rings. The van der Waals surface area contributed by atoms with Crippen molar-refractivity contribution in [3.8, 4) is 0 Å². The van der Waals surface area contributed by atoms with E-state index in [-0.39, 0.29) is 0 Å². The molecule has 59 heavy (non-hydrogen) atoms. The molecule has 5 heteroatoms. The van der Waals surface area contributed by atoms with Crippen LogP contribution in [-0.4, -0.2) is 9.97 Å². The van der Waals surface area contributed by atoms with Gasteiger partial charge in [-0.3, -0.25) is 9.80 Å². The SMILES string of the molecule is c1ccc(N(c2ccc3c(c2)c2ccccc2c2c3sc3cc(N(c4ccccc4)c4ccc5ccccc5n4)c4ccccc4c32)c2ccc3ccccc3n2)cc1. The summed E-state index contributed by atoms with van der Waals surface area (Å²) in [6.45, 7) is 0. The van der Waals surface area contributed by atoms with Gasteiger partial charge in [-0.1, -0.05) is 127 Å². The fraction of sp³-hybridized carbons (Fsp3) is 0. The van der Waals surface area contributed by atoms with Crippen molar-refractivity contribution in [3.63, 3.8) is 0 Å². The van der Waals surface area contributed by atoms with Crippen LogP contribution in [0.1, 0.15) is 0 Å². The highest BCUT2D eigenvalue weighted by Gasteiger charge is 2.23. The molecule has 276 valence electrons. The predicted octanol–water partition coefficient (Wildman–Crippen LogP) is 15.6. The first-order chi connectivity index (χ1) is 29.3. The third-order valence-corrected chi connectivity index (χ3v) is 12.7. The average molecular weight is 771 g/mol. The lowest BCUT2D eigenvalue weighted by Gasteiger charge is -2.26. The molecule has 0 fully saturated rings. The van der Waals surface area contributed by atoms with Crippen LogP contribution >= 0.6 is 11.3 Å². The number of hydrogen-bond acceptors (Lipinski definition) is 5. The number of pyridine rings is 2. The van der Waals surface area contributed by atoms with E-state index in [2.05, 4.69) is 216 Å². The lowest BCUT2D eigenvalue weighted by atomic mass is 9.94. The zero-order valence-electron chi connectivity index (χ0n) is 31.8. The quantitative estimate of drug-likeness (QED) is 0.158. The number of para-hydroxylation sites is 4. The van der Waals surface area contributed by atoms with Crippen LogP contribution < -0.4 is 9.80 Å². The van der Waals surface area contributed by atoms with Gasteiger partial charge in [-0.2, -0.15) is 0 Å². The second-order valence-electron chi connectivity index (χ2n) is 15.0. The highest BCUT2D eigenvalue weighted by Crippen LogP contribution is 2.50. The van der Waals surface area contributed by atoms with Crippen LogP contribution in [0.15, 0.2) is 206 Å². The Morgan fingerprint density at radius 3 is 1.53 bits per heavy atom. The Hall–Kier alpha value is -7.60. The van der Waals surface area contributed by atoms with Crippen molar-refractivity contribution in [2.75, 3.05) is 9.80 Å². The molecule has 0 spiro atoms. The van der Waals surface area contributed by atoms with E-state index in [0.717, 1.165) is 56.2 Å². The normalized spacial score (nSPS) is 11.7. The second kappa shape index (κ2) is 13.5. The Morgan fingerprint density at radius 1 is 0.339 bits per heavy atom. The summed E-state index contributed by atoms with van der Waals surface area (Å²) in [5.41, 5.74) is 6.23. The summed E-state index contributed by atoms with van der Waals surface area (Å²) in [5, 5.41) is 12.2. The minimum absolute atomic E-state index is 0.879. The molecule has 0 saturated carbocycles. The number of thiophene rings is 1. The third-order valence-electron chi connectivity index (χ3n) is 11.6. The van der Waals surface area contributed by atoms with Crippen molar-refractivity contribution in [3.05, 3.63) is 206 Å². The lowest BCUT2D eigenvalue weighted by molar-refractivity contribution is 1.21. The Labute approximate surface area is 344 Å². The van der Waals surface area contributed by atoms with Crippen LogP contribution in [0.3, 0.4) is 0 Å². The molecule has 3 heterocycles. The number of aromatic nitrogens is 2. The summed E-state index contributed by atoms with van der Waals surface area (Å²) in [7, 11) is 0. The largest absolute Gasteiger partial charge is 0.295 e. The Kier molecular flexibility index (Phi) is 7.68. The minimum atomic E-state index is 0.879. The van der Waals surface area contributed by atoms with Gasteiger partial charge in [0.15, 0.2) is 0 Å². The maximum Gasteiger partial charge on any atom is 0.138 e. The molecule has 0 bridgehead atoms. The van der Waals surface area contributed by atoms with Crippen LogP contribution in [0.5, 0.6) is 0 Å². The lowest BCUT2D eigenvalue weighted by Crippen LogP contribution is -2.12. The van der Waals surface area contributed by atoms with Crippen LogP contribution in [0.4, 0.5) is 34.4 Å². The van der Waals surface area contributed by atoms with Gasteiger partial charge in [0.05, 0.1) is 16.7 Å². The van der Waals surface area contributed by atoms with E-state index >= 15 is 0 Å². The zero-order valence-corrected chi connectivity index (χ0v) is 32.6. The van der Waals surface area contributed by atoms with Crippen molar-refractivity contribution < 1.29 is 0 Å². The van der Waals surface area contributed by atoms with E-state index in [1.165, 1.54) is 52.5 Å². The zero-order chi connectivity index (χ0) is 38.9. The van der Waals surface area contributed by atoms with Crippen molar-refractivity contribution in [2.45, 2.75) is 0 Å². The molecular formula is C54H34N4S. The fourth-order valence-electron chi connectivity index (χ4n) is 8.93. The minimum Gasteiger partial charge on any atom is -0.295 e. The highest BCUT2D eigenvalue weighted by atomic mass is 32.1. The monoisotopic (exact) mass is 770 g/mol. The van der Waals surface area contributed by atoms with Crippen molar-refractivity contribution in [1.82, 2.24) is 9.97 Å². The Bertz CT molecular complexity index is 3580. The van der Waals surface area contributed by atoms with E-state index in [0.29, 0.717) is 0 Å². The molecule has 9 aromatic carbocycles. The van der Waals surface area contributed by atoms with Gasteiger partial charge < -0.3 is 0 Å². The van der Waals surface area contributed by atoms with Gasteiger partial charge in [-0.15, -0.1) is 11.3 Å². The van der Waals surface area contributed by atoms with Crippen molar-refractivity contribution >= 4 is 120 Å². The first-order valence-electron chi connectivity index (χ1n) is 19.9. The van der Waals surface area contributed by atoms with Crippen LogP contribution in [0.2, 0.25) is 0 Å². The standard InChI is InChI=1S/C54H34N4S/c1-3-17-37(18-4-1)57(50-31-27-35-15-7-13-25-46(35)55-50)39-29-30-44-45(33-39)40-21-9-11-23-42(40)53-52-43-24-12-10-22-41(43)48(34-49(52)59-54(44)53)58(38-19-5-2-6-20-38)51-32-28-36-16-8-14-26-47(36)56-51/h1-34H. The van der Waals surface area contributed by atoms with Crippen molar-refractivity contribution in [2.24, 2.45) is 0 Å². The Morgan fingerprint density at radius 2 is 0.864 bits per heavy atom. The molecule has 0 atom stereocenters. The van der Waals surface area contributed by atoms with Gasteiger partial charge in [0.2, 0.25) is 0 Å². The maximum atomic E-state index is 5.24. The van der Waals surface area contributed by atoms with Crippen LogP contribution in [0, 0.1) is 0 Å². The number of nitrogens with zero attached hydrogens (tertiary/aromatic N) is 4. The summed E-state index contributed by atoms with van der Waals surface area (Å²) in [4.78, 5) is 15.0. The van der Waals surface area contributed by atoms with E-state index in [9.17, 15) is 0 Å². The molecule has 12 aromatic rings. The average Bonchev–Trinajstić information content (AvgIpc) is 3.70. The first-order valence-corrected chi connectivity index (χ1v) is 20.7. The summed E-state index contributed by atoms with van der Waals surface area (Å²) in [6.07, 6.45) is 0. The summed E-state index contributed by atoms with van der Waals surface area (Å²) in [5.74, 6) is 1.76. The van der Waals surface area contributed by atoms with Gasteiger partial charge in [0.1, 0.15) is 11.6 Å². The number of hydrogen-bond donors (Lipinski definition) is 0. The number of fused-ring (bicyclic) bond motifs is 12. The van der Waals surface area contributed by atoms with E-state index in [1.54, 1.807) is 0 Å². The molecule has 0 N–H and O–H groups in total. The second-order valence-corrected chi connectivity index (χ2v) is 16.0. The van der Waals surface area contributed by atoms with Crippen LogP contribution in [-0.2, 0) is 0 Å². The predicted molar refractivity (Wildman–Crippen MR) is 252 cm³/mol. The maximum absolute atomic E-state index is 5.24. The molecule has 12 rings (SSSR count). The molecule has 3 aromatic heterocycles. The molecule has 0 saturated heterocycles. The van der Waals surface area contributed by atoms with E-state index in [1.807, 2.05) is 11.3 Å². The summed E-state index contributed by atoms with van der Waals surface area (Å²) >= 11 is 1.88. The molecule has 0 unspecified atom stereocenters. The fourth-order valence-corrected chi connectivity index (χ4v) is 10.2. The molecule has 0 aliphatic heterocycles. The topological polar surface area (TPSA) is 32.3 Å². The van der Waals surface area contributed by atoms with Gasteiger partial charge in [-0.05, 0) is 100 Å². The smallest absolute Gasteiger partial charge is 0.138 e. The van der Waals surface area contributed by atoms with E-state index < -0.39 is 0 Å². The summed E-state index contributed by atoms with van der Waals surface area (Å²) < 4.78 is 2.52. The summed E-state index contributed by atoms with van der Waals surface area (Å²) in [6, 6.07) is 73.6. The Balaban J connectivity index is 1.12. The number of anilines is 6. The van der Waals surface area contributed by atoms with E-state index in [4.69, 9.17) is 9.97 Å². The number of benzene rings is 9. The number of rotatable bonds is 6. The van der Waals surface area contributed by atoms with Crippen LogP contribution in [0.25, 0.3) is 74.3 Å². The molecule has 0 aliphatic carbocycles. The first kappa shape index (κ1) is 33.5.